The van der Waals surface area contributed by atoms with Gasteiger partial charge in [-0.1, -0.05) is 32.4 Å². The molecule has 0 saturated carbocycles. The Balaban J connectivity index is 2.10. The zero-order valence-electron chi connectivity index (χ0n) is 33.1. The van der Waals surface area contributed by atoms with E-state index in [1.165, 1.54) is 29.2 Å². The number of likely N-dealkylation sites (tertiary alicyclic amines) is 1. The Kier molecular flexibility index (Phi) is 20.9. The van der Waals surface area contributed by atoms with Gasteiger partial charge in [-0.15, -0.1) is 0 Å². The first-order valence-corrected chi connectivity index (χ1v) is 19.7. The van der Waals surface area contributed by atoms with E-state index >= 15 is 0 Å². The molecule has 0 spiro atoms. The normalized spacial score (nSPS) is 16.5. The molecule has 0 radical (unpaired) electrons. The summed E-state index contributed by atoms with van der Waals surface area (Å²) in [5.41, 5.74) is 22.3. The predicted molar refractivity (Wildman–Crippen MR) is 218 cm³/mol. The van der Waals surface area contributed by atoms with E-state index in [9.17, 15) is 48.6 Å². The zero-order valence-corrected chi connectivity index (χ0v) is 34.0. The van der Waals surface area contributed by atoms with Gasteiger partial charge in [-0.05, 0) is 49.3 Å². The number of benzene rings is 1. The highest BCUT2D eigenvalue weighted by molar-refractivity contribution is 7.80. The van der Waals surface area contributed by atoms with Crippen LogP contribution in [-0.4, -0.2) is 143 Å². The number of carbonyl (C=O) groups is 8. The summed E-state index contributed by atoms with van der Waals surface area (Å²) in [6.07, 6.45) is 1.57. The minimum atomic E-state index is -1.52. The van der Waals surface area contributed by atoms with E-state index in [1.54, 1.807) is 13.8 Å². The van der Waals surface area contributed by atoms with Crippen LogP contribution in [0.1, 0.15) is 51.5 Å². The zero-order chi connectivity index (χ0) is 44.2. The van der Waals surface area contributed by atoms with Crippen LogP contribution in [0.3, 0.4) is 0 Å². The number of amides is 8. The summed E-state index contributed by atoms with van der Waals surface area (Å²) in [6.45, 7) is 1.82. The highest BCUT2D eigenvalue weighted by Gasteiger charge is 2.36. The molecule has 16 N–H and O–H groups in total. The van der Waals surface area contributed by atoms with E-state index in [-0.39, 0.29) is 43.3 Å². The molecule has 59 heavy (non-hydrogen) atoms. The molecule has 2 rings (SSSR count). The second-order valence-corrected chi connectivity index (χ2v) is 14.4. The number of phenolic OH excluding ortho intramolecular Hbond substituents is 1. The number of nitrogens with one attached hydrogen (secondary N) is 6. The number of guanidine groups is 1. The van der Waals surface area contributed by atoms with Gasteiger partial charge in [0.2, 0.25) is 47.3 Å². The molecule has 0 bridgehead atoms. The van der Waals surface area contributed by atoms with Crippen LogP contribution in [0.2, 0.25) is 0 Å². The number of hydrogen-bond donors (Lipinski definition) is 13. The molecular formula is C36H58N12O10S. The van der Waals surface area contributed by atoms with Crippen molar-refractivity contribution in [3.05, 3.63) is 29.8 Å². The largest absolute Gasteiger partial charge is 0.508 e. The van der Waals surface area contributed by atoms with Crippen molar-refractivity contribution in [3.8, 4) is 5.75 Å². The molecule has 0 unspecified atom stereocenters. The Bertz CT molecular complexity index is 1660. The third-order valence-electron chi connectivity index (χ3n) is 9.46. The van der Waals surface area contributed by atoms with Crippen molar-refractivity contribution < 1.29 is 48.6 Å². The van der Waals surface area contributed by atoms with Crippen LogP contribution in [0.4, 0.5) is 0 Å². The quantitative estimate of drug-likeness (QED) is 0.0201. The van der Waals surface area contributed by atoms with E-state index in [0.717, 1.165) is 0 Å². The Hall–Kier alpha value is -5.68. The first-order valence-electron chi connectivity index (χ1n) is 19.1. The first kappa shape index (κ1) is 49.5. The van der Waals surface area contributed by atoms with Gasteiger partial charge in [-0.25, -0.2) is 0 Å². The molecule has 0 aliphatic carbocycles. The minimum Gasteiger partial charge on any atom is -0.508 e. The molecule has 1 fully saturated rings. The summed E-state index contributed by atoms with van der Waals surface area (Å²) in [7, 11) is 0. The fourth-order valence-electron chi connectivity index (χ4n) is 5.94. The molecule has 1 aromatic carbocycles. The van der Waals surface area contributed by atoms with Gasteiger partial charge in [0.25, 0.3) is 0 Å². The number of aromatic hydroxyl groups is 1. The summed E-state index contributed by atoms with van der Waals surface area (Å²) in [4.78, 5) is 109. The molecule has 1 aromatic rings. The lowest BCUT2D eigenvalue weighted by atomic mass is 9.97. The number of rotatable bonds is 24. The molecule has 22 nitrogen and oxygen atoms in total. The van der Waals surface area contributed by atoms with Crippen LogP contribution in [0.5, 0.6) is 5.75 Å². The van der Waals surface area contributed by atoms with Crippen LogP contribution in [0.25, 0.3) is 0 Å². The Morgan fingerprint density at radius 3 is 2.07 bits per heavy atom. The molecule has 1 aliphatic rings. The maximum atomic E-state index is 13.8. The summed E-state index contributed by atoms with van der Waals surface area (Å²) in [5.74, 6) is -6.61. The van der Waals surface area contributed by atoms with Crippen LogP contribution < -0.4 is 54.8 Å². The maximum Gasteiger partial charge on any atom is 0.245 e. The molecule has 8 amide bonds. The van der Waals surface area contributed by atoms with Crippen molar-refractivity contribution in [2.24, 2.45) is 33.8 Å². The van der Waals surface area contributed by atoms with Gasteiger partial charge in [0, 0.05) is 25.3 Å². The fourth-order valence-corrected chi connectivity index (χ4v) is 6.09. The minimum absolute atomic E-state index is 0.0365. The van der Waals surface area contributed by atoms with E-state index in [4.69, 9.17) is 22.9 Å². The van der Waals surface area contributed by atoms with Gasteiger partial charge in [0.1, 0.15) is 36.0 Å². The average Bonchev–Trinajstić information content (AvgIpc) is 3.70. The first-order chi connectivity index (χ1) is 27.9. The summed E-state index contributed by atoms with van der Waals surface area (Å²) < 4.78 is 0. The molecule has 1 aliphatic heterocycles. The molecule has 0 aromatic heterocycles. The standard InChI is InChI=1S/C36H58N12O10S/c1-3-19(2)29(34(57)43-16-28(52)45-25(17-49)32(55)46-23(30(38)53)6-4-12-41-36(39)40)47-31(54)24(14-20-8-10-21(50)11-9-20)44-27(51)15-42-33(56)26-7-5-13-48(26)35(58)22(37)18-59/h8-11,19,22-26,29,49-50,59H,3-7,12-18,37H2,1-2H3,(H2,38,53)(H,42,56)(H,43,57)(H,44,51)(H,45,52)(H,46,55)(H,47,54)(H4,39,40,41)/t19-,22-,23-,24-,25-,26-,29-/m0/s1. The number of nitrogens with two attached hydrogens (primary N) is 4. The third-order valence-corrected chi connectivity index (χ3v) is 9.85. The predicted octanol–water partition coefficient (Wildman–Crippen LogP) is -5.07. The number of thiol groups is 1. The van der Waals surface area contributed by atoms with Crippen LogP contribution in [0.15, 0.2) is 29.3 Å². The third kappa shape index (κ3) is 16.6. The van der Waals surface area contributed by atoms with Crippen molar-refractivity contribution >= 4 is 65.8 Å². The maximum absolute atomic E-state index is 13.8. The smallest absolute Gasteiger partial charge is 0.245 e. The SMILES string of the molecule is CC[C@H](C)[C@H](NC(=O)[C@H](Cc1ccc(O)cc1)NC(=O)CNC(=O)[C@@H]1CCCN1C(=O)[C@@H](N)CS)C(=O)NCC(=O)N[C@@H](CO)C(=O)N[C@@H](CCCN=C(N)N)C(N)=O. The number of phenols is 1. The molecule has 1 saturated heterocycles. The molecule has 328 valence electrons. The number of aliphatic hydroxyl groups excluding tert-OH is 1. The van der Waals surface area contributed by atoms with Crippen LogP contribution >= 0.6 is 12.6 Å². The summed E-state index contributed by atoms with van der Waals surface area (Å²) in [5, 5.41) is 34.3. The lowest BCUT2D eigenvalue weighted by Gasteiger charge is -2.27. The highest BCUT2D eigenvalue weighted by atomic mass is 32.1. The van der Waals surface area contributed by atoms with Gasteiger partial charge in [-0.3, -0.25) is 43.3 Å². The molecular weight excluding hydrogens is 793 g/mol. The number of hydrogen-bond acceptors (Lipinski definition) is 13. The second-order valence-electron chi connectivity index (χ2n) is 14.0. The number of primary amides is 1. The van der Waals surface area contributed by atoms with Crippen molar-refractivity contribution in [2.75, 3.05) is 38.5 Å². The fraction of sp³-hybridized carbons (Fsp3) is 0.583. The van der Waals surface area contributed by atoms with Gasteiger partial charge < -0.3 is 69.9 Å². The summed E-state index contributed by atoms with van der Waals surface area (Å²) >= 11 is 4.05. The van der Waals surface area contributed by atoms with E-state index < -0.39 is 109 Å². The van der Waals surface area contributed by atoms with Gasteiger partial charge >= 0.3 is 0 Å². The molecule has 1 heterocycles. The Morgan fingerprint density at radius 1 is 0.881 bits per heavy atom. The Labute approximate surface area is 347 Å². The van der Waals surface area contributed by atoms with Crippen molar-refractivity contribution in [3.63, 3.8) is 0 Å². The van der Waals surface area contributed by atoms with Crippen LogP contribution in [-0.2, 0) is 44.8 Å². The second kappa shape index (κ2) is 24.9. The van der Waals surface area contributed by atoms with E-state index in [0.29, 0.717) is 31.4 Å². The average molecular weight is 851 g/mol. The van der Waals surface area contributed by atoms with Crippen LogP contribution in [0, 0.1) is 5.92 Å². The lowest BCUT2D eigenvalue weighted by Crippen LogP contribution is -2.58. The highest BCUT2D eigenvalue weighted by Crippen LogP contribution is 2.19. The number of nitrogens with zero attached hydrogens (tertiary/aromatic N) is 2. The number of aliphatic hydroxyl groups is 1. The molecule has 7 atom stereocenters. The summed E-state index contributed by atoms with van der Waals surface area (Å²) in [6, 6.07) is -1.08. The van der Waals surface area contributed by atoms with E-state index in [2.05, 4.69) is 49.5 Å². The Morgan fingerprint density at radius 2 is 1.49 bits per heavy atom. The number of aliphatic imine (C=N–C) groups is 1. The van der Waals surface area contributed by atoms with Crippen molar-refractivity contribution in [1.29, 1.82) is 0 Å². The monoisotopic (exact) mass is 850 g/mol. The number of carbonyl (C=O) groups excluding carboxylic acids is 8. The topological polar surface area (TPSA) is 369 Å². The lowest BCUT2D eigenvalue weighted by molar-refractivity contribution is -0.139. The molecule has 23 heteroatoms. The van der Waals surface area contributed by atoms with Gasteiger partial charge in [-0.2, -0.15) is 12.6 Å². The van der Waals surface area contributed by atoms with Gasteiger partial charge in [0.05, 0.1) is 25.7 Å². The van der Waals surface area contributed by atoms with E-state index in [1.807, 2.05) is 0 Å². The van der Waals surface area contributed by atoms with Crippen molar-refractivity contribution in [2.45, 2.75) is 88.6 Å². The van der Waals surface area contributed by atoms with Gasteiger partial charge in [0.15, 0.2) is 5.96 Å². The van der Waals surface area contributed by atoms with Crippen molar-refractivity contribution in [1.82, 2.24) is 36.8 Å².